The maximum Gasteiger partial charge on any atom is 0.125 e. The molecule has 1 aromatic carbocycles. The SMILES string of the molecule is COC[C@@H]1O[C@H](C2CC2)[C@H](C=O)[C@H]1[Si](C)(C)c1ccccc1. The fraction of sp³-hybridized carbons (Fsp3) is 0.611. The minimum Gasteiger partial charge on any atom is -0.382 e. The van der Waals surface area contributed by atoms with Crippen LogP contribution >= 0.6 is 0 Å². The van der Waals surface area contributed by atoms with Gasteiger partial charge in [-0.25, -0.2) is 0 Å². The predicted molar refractivity (Wildman–Crippen MR) is 90.1 cm³/mol. The number of carbonyl (C=O) groups excluding carboxylic acids is 1. The average molecular weight is 318 g/mol. The minimum absolute atomic E-state index is 0.0227. The van der Waals surface area contributed by atoms with Crippen LogP contribution in [0.25, 0.3) is 0 Å². The van der Waals surface area contributed by atoms with Crippen LogP contribution in [-0.4, -0.2) is 40.3 Å². The van der Waals surface area contributed by atoms with Crippen molar-refractivity contribution in [2.24, 2.45) is 11.8 Å². The van der Waals surface area contributed by atoms with Crippen molar-refractivity contribution in [3.05, 3.63) is 30.3 Å². The molecular formula is C18H26O3Si. The van der Waals surface area contributed by atoms with Gasteiger partial charge < -0.3 is 14.3 Å². The lowest BCUT2D eigenvalue weighted by Crippen LogP contribution is -2.51. The van der Waals surface area contributed by atoms with Crippen LogP contribution in [0.15, 0.2) is 30.3 Å². The van der Waals surface area contributed by atoms with Crippen LogP contribution in [-0.2, 0) is 14.3 Å². The quantitative estimate of drug-likeness (QED) is 0.597. The molecule has 120 valence electrons. The van der Waals surface area contributed by atoms with E-state index < -0.39 is 8.07 Å². The highest BCUT2D eigenvalue weighted by Crippen LogP contribution is 2.50. The summed E-state index contributed by atoms with van der Waals surface area (Å²) in [5.74, 6) is 0.606. The highest BCUT2D eigenvalue weighted by Gasteiger charge is 2.55. The molecule has 4 atom stereocenters. The van der Waals surface area contributed by atoms with Crippen molar-refractivity contribution in [3.8, 4) is 0 Å². The molecule has 1 saturated carbocycles. The van der Waals surface area contributed by atoms with E-state index in [2.05, 4.69) is 43.4 Å². The van der Waals surface area contributed by atoms with Crippen LogP contribution in [0.4, 0.5) is 0 Å². The maximum atomic E-state index is 11.9. The Hall–Kier alpha value is -0.973. The van der Waals surface area contributed by atoms with E-state index in [0.717, 1.165) is 0 Å². The number of rotatable bonds is 6. The van der Waals surface area contributed by atoms with Gasteiger partial charge in [-0.3, -0.25) is 0 Å². The molecule has 1 heterocycles. The Morgan fingerprint density at radius 2 is 1.95 bits per heavy atom. The summed E-state index contributed by atoms with van der Waals surface area (Å²) < 4.78 is 11.7. The molecule has 2 aliphatic rings. The molecular weight excluding hydrogens is 292 g/mol. The van der Waals surface area contributed by atoms with E-state index in [1.165, 1.54) is 24.3 Å². The van der Waals surface area contributed by atoms with Gasteiger partial charge in [-0.1, -0.05) is 48.6 Å². The molecule has 4 heteroatoms. The van der Waals surface area contributed by atoms with Crippen molar-refractivity contribution in [1.29, 1.82) is 0 Å². The van der Waals surface area contributed by atoms with Gasteiger partial charge in [0, 0.05) is 13.0 Å². The molecule has 1 saturated heterocycles. The normalized spacial score (nSPS) is 32.1. The van der Waals surface area contributed by atoms with E-state index in [4.69, 9.17) is 9.47 Å². The molecule has 0 spiro atoms. The van der Waals surface area contributed by atoms with Gasteiger partial charge in [0.05, 0.1) is 26.9 Å². The van der Waals surface area contributed by atoms with E-state index in [9.17, 15) is 4.79 Å². The number of methoxy groups -OCH3 is 1. The molecule has 2 fully saturated rings. The van der Waals surface area contributed by atoms with Crippen LogP contribution in [0.5, 0.6) is 0 Å². The Balaban J connectivity index is 1.94. The van der Waals surface area contributed by atoms with Crippen molar-refractivity contribution in [1.82, 2.24) is 0 Å². The first-order valence-corrected chi connectivity index (χ1v) is 11.3. The van der Waals surface area contributed by atoms with Gasteiger partial charge in [-0.15, -0.1) is 0 Å². The van der Waals surface area contributed by atoms with E-state index in [0.29, 0.717) is 12.5 Å². The molecule has 0 radical (unpaired) electrons. The number of hydrogen-bond acceptors (Lipinski definition) is 3. The second-order valence-electron chi connectivity index (χ2n) is 7.26. The monoisotopic (exact) mass is 318 g/mol. The molecule has 0 unspecified atom stereocenters. The van der Waals surface area contributed by atoms with Gasteiger partial charge in [0.25, 0.3) is 0 Å². The van der Waals surface area contributed by atoms with Gasteiger partial charge in [-0.2, -0.15) is 0 Å². The lowest BCUT2D eigenvalue weighted by molar-refractivity contribution is -0.113. The molecule has 0 N–H and O–H groups in total. The zero-order valence-corrected chi connectivity index (χ0v) is 14.7. The maximum absolute atomic E-state index is 11.9. The number of benzene rings is 1. The summed E-state index contributed by atoms with van der Waals surface area (Å²) in [4.78, 5) is 11.9. The van der Waals surface area contributed by atoms with E-state index in [1.807, 2.05) is 0 Å². The first kappa shape index (κ1) is 15.9. The summed E-state index contributed by atoms with van der Waals surface area (Å²) in [7, 11) is -0.107. The summed E-state index contributed by atoms with van der Waals surface area (Å²) in [5.41, 5.74) is 0.290. The van der Waals surface area contributed by atoms with Crippen molar-refractivity contribution in [3.63, 3.8) is 0 Å². The molecule has 3 rings (SSSR count). The summed E-state index contributed by atoms with van der Waals surface area (Å²) in [6, 6.07) is 10.7. The Kier molecular flexibility index (Phi) is 4.53. The molecule has 22 heavy (non-hydrogen) atoms. The molecule has 1 aliphatic carbocycles. The van der Waals surface area contributed by atoms with Gasteiger partial charge in [0.1, 0.15) is 6.29 Å². The van der Waals surface area contributed by atoms with E-state index in [1.54, 1.807) is 7.11 Å². The van der Waals surface area contributed by atoms with Gasteiger partial charge >= 0.3 is 0 Å². The van der Waals surface area contributed by atoms with Crippen molar-refractivity contribution >= 4 is 19.5 Å². The standard InChI is InChI=1S/C18H26O3Si/c1-20-12-16-18(15(11-19)17(21-16)13-9-10-13)22(2,3)14-7-5-4-6-8-14/h4-8,11,13,15-18H,9-10,12H2,1-3H3/t15-,16-,17+,18+/m0/s1. The predicted octanol–water partition coefficient (Wildman–Crippen LogP) is 2.61. The Bertz CT molecular complexity index is 512. The second-order valence-corrected chi connectivity index (χ2v) is 11.9. The molecule has 1 aliphatic heterocycles. The van der Waals surface area contributed by atoms with Crippen molar-refractivity contribution < 1.29 is 14.3 Å². The summed E-state index contributed by atoms with van der Waals surface area (Å²) in [6.07, 6.45) is 3.73. The topological polar surface area (TPSA) is 35.5 Å². The van der Waals surface area contributed by atoms with Crippen LogP contribution < -0.4 is 5.19 Å². The summed E-state index contributed by atoms with van der Waals surface area (Å²) in [6.45, 7) is 5.32. The third-order valence-corrected chi connectivity index (χ3v) is 9.70. The highest BCUT2D eigenvalue weighted by atomic mass is 28.3. The minimum atomic E-state index is -1.83. The fourth-order valence-corrected chi connectivity index (χ4v) is 7.93. The van der Waals surface area contributed by atoms with Gasteiger partial charge in [0.2, 0.25) is 0 Å². The lowest BCUT2D eigenvalue weighted by Gasteiger charge is -2.35. The number of aldehydes is 1. The highest BCUT2D eigenvalue weighted by molar-refractivity contribution is 6.91. The molecule has 1 aromatic rings. The third-order valence-electron chi connectivity index (χ3n) is 5.45. The molecule has 3 nitrogen and oxygen atoms in total. The van der Waals surface area contributed by atoms with Crippen LogP contribution in [0.1, 0.15) is 12.8 Å². The Labute approximate surface area is 134 Å². The van der Waals surface area contributed by atoms with Gasteiger partial charge in [-0.05, 0) is 24.3 Å². The van der Waals surface area contributed by atoms with E-state index in [-0.39, 0.29) is 23.7 Å². The summed E-state index contributed by atoms with van der Waals surface area (Å²) >= 11 is 0. The van der Waals surface area contributed by atoms with Crippen LogP contribution in [0.3, 0.4) is 0 Å². The Morgan fingerprint density at radius 3 is 2.50 bits per heavy atom. The molecule has 0 aromatic heterocycles. The summed E-state index contributed by atoms with van der Waals surface area (Å²) in [5, 5.41) is 1.40. The van der Waals surface area contributed by atoms with Crippen LogP contribution in [0.2, 0.25) is 18.6 Å². The van der Waals surface area contributed by atoms with E-state index >= 15 is 0 Å². The lowest BCUT2D eigenvalue weighted by atomic mass is 9.97. The van der Waals surface area contributed by atoms with Crippen LogP contribution in [0, 0.1) is 11.8 Å². The van der Waals surface area contributed by atoms with Crippen molar-refractivity contribution in [2.45, 2.75) is 43.7 Å². The average Bonchev–Trinajstić information content (AvgIpc) is 3.30. The van der Waals surface area contributed by atoms with Gasteiger partial charge in [0.15, 0.2) is 0 Å². The number of carbonyl (C=O) groups is 1. The number of hydrogen-bond donors (Lipinski definition) is 0. The Morgan fingerprint density at radius 1 is 1.27 bits per heavy atom. The smallest absolute Gasteiger partial charge is 0.125 e. The number of ether oxygens (including phenoxy) is 2. The molecule has 0 amide bonds. The zero-order valence-electron chi connectivity index (χ0n) is 13.7. The first-order chi connectivity index (χ1) is 10.6. The van der Waals surface area contributed by atoms with Crippen molar-refractivity contribution in [2.75, 3.05) is 13.7 Å². The fourth-order valence-electron chi connectivity index (χ4n) is 4.15. The second kappa shape index (κ2) is 6.26. The third kappa shape index (κ3) is 2.80. The zero-order chi connectivity index (χ0) is 15.7. The largest absolute Gasteiger partial charge is 0.382 e. The molecule has 0 bridgehead atoms. The first-order valence-electron chi connectivity index (χ1n) is 8.24.